The summed E-state index contributed by atoms with van der Waals surface area (Å²) in [7, 11) is 0. The Hall–Kier alpha value is -0.730. The van der Waals surface area contributed by atoms with Crippen molar-refractivity contribution in [3.05, 3.63) is 0 Å². The van der Waals surface area contributed by atoms with Gasteiger partial charge in [0.25, 0.3) is 0 Å². The Morgan fingerprint density at radius 3 is 1.19 bits per heavy atom. The summed E-state index contributed by atoms with van der Waals surface area (Å²) in [5.74, 6) is 0. The molecule has 0 aromatic carbocycles. The van der Waals surface area contributed by atoms with Crippen LogP contribution < -0.4 is 0 Å². The van der Waals surface area contributed by atoms with Gasteiger partial charge in [-0.25, -0.2) is 4.79 Å². The third-order valence-electron chi connectivity index (χ3n) is 5.74. The number of urea groups is 1. The van der Waals surface area contributed by atoms with Crippen LogP contribution in [-0.2, 0) is 0 Å². The second kappa shape index (κ2) is 16.4. The maximum absolute atomic E-state index is 12.4. The average molecular weight is 367 g/mol. The van der Waals surface area contributed by atoms with E-state index in [9.17, 15) is 4.79 Å². The number of hydrogen-bond acceptors (Lipinski definition) is 1. The molecule has 1 saturated heterocycles. The number of nitrogens with zero attached hydrogens (tertiary/aromatic N) is 2. The first-order valence-electron chi connectivity index (χ1n) is 11.8. The maximum atomic E-state index is 12.4. The van der Waals surface area contributed by atoms with Crippen molar-refractivity contribution >= 4 is 6.03 Å². The standard InChI is InChI=1S/C23H46N2O/c1-3-5-7-9-11-13-15-17-19-24-21-22-25(23(24)26)20-18-16-14-12-10-8-6-4-2/h3-22H2,1-2H3. The van der Waals surface area contributed by atoms with E-state index >= 15 is 0 Å². The van der Waals surface area contributed by atoms with E-state index in [1.807, 2.05) is 0 Å². The van der Waals surface area contributed by atoms with Gasteiger partial charge in [0.05, 0.1) is 0 Å². The lowest BCUT2D eigenvalue weighted by Gasteiger charge is -2.18. The molecular formula is C23H46N2O. The van der Waals surface area contributed by atoms with Gasteiger partial charge in [-0.2, -0.15) is 0 Å². The Kier molecular flexibility index (Phi) is 14.7. The molecule has 1 aliphatic heterocycles. The van der Waals surface area contributed by atoms with Crippen LogP contribution in [0.2, 0.25) is 0 Å². The summed E-state index contributed by atoms with van der Waals surface area (Å²) < 4.78 is 0. The van der Waals surface area contributed by atoms with Gasteiger partial charge in [-0.3, -0.25) is 0 Å². The second-order valence-electron chi connectivity index (χ2n) is 8.21. The zero-order chi connectivity index (χ0) is 18.9. The first-order chi connectivity index (χ1) is 12.8. The van der Waals surface area contributed by atoms with Crippen LogP contribution in [0.1, 0.15) is 117 Å². The van der Waals surface area contributed by atoms with Crippen LogP contribution in [0.3, 0.4) is 0 Å². The first-order valence-corrected chi connectivity index (χ1v) is 11.8. The summed E-state index contributed by atoms with van der Waals surface area (Å²) in [4.78, 5) is 16.6. The molecule has 0 aromatic heterocycles. The lowest BCUT2D eigenvalue weighted by Crippen LogP contribution is -2.33. The number of carbonyl (C=O) groups excluding carboxylic acids is 1. The van der Waals surface area contributed by atoms with Crippen molar-refractivity contribution in [2.45, 2.75) is 117 Å². The van der Waals surface area contributed by atoms with Crippen LogP contribution in [0, 0.1) is 0 Å². The molecule has 0 N–H and O–H groups in total. The van der Waals surface area contributed by atoms with Crippen LogP contribution in [-0.4, -0.2) is 42.0 Å². The Morgan fingerprint density at radius 1 is 0.538 bits per heavy atom. The predicted octanol–water partition coefficient (Wildman–Crippen LogP) is 7.01. The molecule has 1 rings (SSSR count). The fraction of sp³-hybridized carbons (Fsp3) is 0.957. The van der Waals surface area contributed by atoms with E-state index in [1.165, 1.54) is 103 Å². The molecule has 0 bridgehead atoms. The summed E-state index contributed by atoms with van der Waals surface area (Å²) in [6.45, 7) is 8.39. The van der Waals surface area contributed by atoms with Crippen molar-refractivity contribution in [1.29, 1.82) is 0 Å². The third-order valence-corrected chi connectivity index (χ3v) is 5.74. The van der Waals surface area contributed by atoms with Crippen LogP contribution in [0.25, 0.3) is 0 Å². The molecule has 154 valence electrons. The average Bonchev–Trinajstić information content (AvgIpc) is 2.99. The fourth-order valence-corrected chi connectivity index (χ4v) is 3.92. The van der Waals surface area contributed by atoms with Crippen molar-refractivity contribution in [1.82, 2.24) is 9.80 Å². The summed E-state index contributed by atoms with van der Waals surface area (Å²) >= 11 is 0. The lowest BCUT2D eigenvalue weighted by molar-refractivity contribution is 0.190. The molecule has 26 heavy (non-hydrogen) atoms. The van der Waals surface area contributed by atoms with Crippen LogP contribution in [0.5, 0.6) is 0 Å². The molecule has 0 radical (unpaired) electrons. The highest BCUT2D eigenvalue weighted by Crippen LogP contribution is 2.14. The van der Waals surface area contributed by atoms with E-state index in [-0.39, 0.29) is 0 Å². The minimum atomic E-state index is 0.302. The van der Waals surface area contributed by atoms with Gasteiger partial charge in [0.1, 0.15) is 0 Å². The van der Waals surface area contributed by atoms with Gasteiger partial charge in [-0.15, -0.1) is 0 Å². The topological polar surface area (TPSA) is 23.6 Å². The van der Waals surface area contributed by atoms with E-state index in [2.05, 4.69) is 23.6 Å². The van der Waals surface area contributed by atoms with Gasteiger partial charge in [-0.05, 0) is 12.8 Å². The van der Waals surface area contributed by atoms with E-state index in [1.54, 1.807) is 0 Å². The van der Waals surface area contributed by atoms with Crippen LogP contribution >= 0.6 is 0 Å². The highest BCUT2D eigenvalue weighted by molar-refractivity contribution is 5.76. The van der Waals surface area contributed by atoms with Gasteiger partial charge in [0.2, 0.25) is 0 Å². The van der Waals surface area contributed by atoms with Gasteiger partial charge in [0.15, 0.2) is 0 Å². The predicted molar refractivity (Wildman–Crippen MR) is 114 cm³/mol. The molecule has 3 heteroatoms. The first kappa shape index (κ1) is 23.3. The van der Waals surface area contributed by atoms with Gasteiger partial charge < -0.3 is 9.80 Å². The summed E-state index contributed by atoms with van der Waals surface area (Å²) in [5, 5.41) is 0. The molecule has 0 aliphatic carbocycles. The molecule has 1 heterocycles. The van der Waals surface area contributed by atoms with Crippen LogP contribution in [0.4, 0.5) is 4.79 Å². The molecule has 1 aliphatic rings. The normalized spacial score (nSPS) is 14.6. The highest BCUT2D eigenvalue weighted by atomic mass is 16.2. The van der Waals surface area contributed by atoms with Crippen molar-refractivity contribution in [2.24, 2.45) is 0 Å². The Balaban J connectivity index is 1.94. The molecule has 1 fully saturated rings. The van der Waals surface area contributed by atoms with E-state index in [4.69, 9.17) is 0 Å². The van der Waals surface area contributed by atoms with Gasteiger partial charge in [-0.1, -0.05) is 104 Å². The minimum absolute atomic E-state index is 0.302. The summed E-state index contributed by atoms with van der Waals surface area (Å²) in [6.07, 6.45) is 21.4. The van der Waals surface area contributed by atoms with Crippen molar-refractivity contribution in [2.75, 3.05) is 26.2 Å². The Morgan fingerprint density at radius 2 is 0.846 bits per heavy atom. The molecule has 0 spiro atoms. The second-order valence-corrected chi connectivity index (χ2v) is 8.21. The molecule has 0 aromatic rings. The number of unbranched alkanes of at least 4 members (excludes halogenated alkanes) is 14. The lowest BCUT2D eigenvalue weighted by atomic mass is 10.1. The Labute approximate surface area is 163 Å². The van der Waals surface area contributed by atoms with Crippen molar-refractivity contribution in [3.8, 4) is 0 Å². The minimum Gasteiger partial charge on any atom is -0.323 e. The summed E-state index contributed by atoms with van der Waals surface area (Å²) in [6, 6.07) is 0.302. The number of amides is 2. The molecule has 0 atom stereocenters. The van der Waals surface area contributed by atoms with Gasteiger partial charge >= 0.3 is 6.03 Å². The zero-order valence-corrected chi connectivity index (χ0v) is 17.9. The quantitative estimate of drug-likeness (QED) is 0.239. The number of carbonyl (C=O) groups is 1. The summed E-state index contributed by atoms with van der Waals surface area (Å²) in [5.41, 5.74) is 0. The molecule has 0 saturated carbocycles. The third kappa shape index (κ3) is 11.1. The highest BCUT2D eigenvalue weighted by Gasteiger charge is 2.26. The molecular weight excluding hydrogens is 320 g/mol. The van der Waals surface area contributed by atoms with E-state index in [0.29, 0.717) is 6.03 Å². The zero-order valence-electron chi connectivity index (χ0n) is 17.9. The Bertz CT molecular complexity index is 302. The molecule has 3 nitrogen and oxygen atoms in total. The number of hydrogen-bond donors (Lipinski definition) is 0. The smallest absolute Gasteiger partial charge is 0.320 e. The fourth-order valence-electron chi connectivity index (χ4n) is 3.92. The molecule has 2 amide bonds. The van der Waals surface area contributed by atoms with E-state index < -0.39 is 0 Å². The molecule has 0 unspecified atom stereocenters. The SMILES string of the molecule is CCCCCCCCCCN1CCN(CCCCCCCCCC)C1=O. The van der Waals surface area contributed by atoms with Gasteiger partial charge in [0, 0.05) is 26.2 Å². The van der Waals surface area contributed by atoms with E-state index in [0.717, 1.165) is 26.2 Å². The van der Waals surface area contributed by atoms with Crippen molar-refractivity contribution in [3.63, 3.8) is 0 Å². The number of rotatable bonds is 18. The van der Waals surface area contributed by atoms with Crippen LogP contribution in [0.15, 0.2) is 0 Å². The largest absolute Gasteiger partial charge is 0.323 e. The van der Waals surface area contributed by atoms with Crippen molar-refractivity contribution < 1.29 is 4.79 Å². The monoisotopic (exact) mass is 366 g/mol. The maximum Gasteiger partial charge on any atom is 0.320 e.